The van der Waals surface area contributed by atoms with Crippen molar-refractivity contribution in [3.63, 3.8) is 0 Å². The molecule has 0 amide bonds. The van der Waals surface area contributed by atoms with Crippen LogP contribution in [-0.2, 0) is 5.41 Å². The van der Waals surface area contributed by atoms with Gasteiger partial charge >= 0.3 is 0 Å². The molecule has 0 spiro atoms. The monoisotopic (exact) mass is 632 g/mol. The minimum Gasteiger partial charge on any atom is -0.456 e. The molecule has 0 fully saturated rings. The van der Waals surface area contributed by atoms with Gasteiger partial charge in [0.05, 0.1) is 11.4 Å². The summed E-state index contributed by atoms with van der Waals surface area (Å²) in [5.41, 5.74) is 14.5. The van der Waals surface area contributed by atoms with Gasteiger partial charge in [0.15, 0.2) is 5.84 Å². The summed E-state index contributed by atoms with van der Waals surface area (Å²) in [5.74, 6) is 0.736. The molecule has 0 atom stereocenters. The summed E-state index contributed by atoms with van der Waals surface area (Å²) >= 11 is 0. The van der Waals surface area contributed by atoms with Crippen LogP contribution < -0.4 is 0 Å². The van der Waals surface area contributed by atoms with Crippen LogP contribution >= 0.6 is 0 Å². The Balaban J connectivity index is 1.20. The lowest BCUT2D eigenvalue weighted by molar-refractivity contribution is 0.659. The van der Waals surface area contributed by atoms with Crippen LogP contribution in [0, 0.1) is 0 Å². The molecule has 236 valence electrons. The largest absolute Gasteiger partial charge is 0.456 e. The number of nitrogens with zero attached hydrogens (tertiary/aromatic N) is 2. The molecule has 1 aromatic heterocycles. The number of rotatable bonds is 4. The Labute approximate surface area is 287 Å². The van der Waals surface area contributed by atoms with Gasteiger partial charge in [0.2, 0.25) is 0 Å². The van der Waals surface area contributed by atoms with Crippen LogP contribution in [0.4, 0.5) is 0 Å². The predicted molar refractivity (Wildman–Crippen MR) is 205 cm³/mol. The SMILES string of the molecule is CC1(C)c2cc3c(cc2-c2cccc(-c4cccc(C5=N/C(c6ccccc6)=C\CCC/C(c6ccccc6)=N\5)c4)c21)oc1ccccc13. The molecule has 1 aliphatic heterocycles. The summed E-state index contributed by atoms with van der Waals surface area (Å²) in [6.45, 7) is 4.71. The van der Waals surface area contributed by atoms with Crippen molar-refractivity contribution in [1.29, 1.82) is 0 Å². The Morgan fingerprint density at radius 3 is 2.08 bits per heavy atom. The molecular weight excluding hydrogens is 597 g/mol. The number of fused-ring (bicyclic) bond motifs is 6. The molecule has 0 N–H and O–H groups in total. The lowest BCUT2D eigenvalue weighted by Crippen LogP contribution is -2.16. The summed E-state index contributed by atoms with van der Waals surface area (Å²) in [6.07, 6.45) is 5.11. The Kier molecular flexibility index (Phi) is 7.02. The molecule has 49 heavy (non-hydrogen) atoms. The first-order valence-electron chi connectivity index (χ1n) is 17.2. The summed E-state index contributed by atoms with van der Waals surface area (Å²) in [5, 5.41) is 2.33. The van der Waals surface area contributed by atoms with Crippen LogP contribution in [0.1, 0.15) is 60.9 Å². The molecule has 6 aromatic carbocycles. The molecule has 0 saturated heterocycles. The van der Waals surface area contributed by atoms with E-state index < -0.39 is 0 Å². The van der Waals surface area contributed by atoms with E-state index in [1.54, 1.807) is 0 Å². The highest BCUT2D eigenvalue weighted by atomic mass is 16.3. The minimum absolute atomic E-state index is 0.207. The lowest BCUT2D eigenvalue weighted by atomic mass is 9.78. The lowest BCUT2D eigenvalue weighted by Gasteiger charge is -2.24. The second-order valence-corrected chi connectivity index (χ2v) is 13.6. The van der Waals surface area contributed by atoms with E-state index in [0.717, 1.165) is 75.3 Å². The van der Waals surface area contributed by atoms with Crippen molar-refractivity contribution < 1.29 is 4.42 Å². The molecule has 0 bridgehead atoms. The van der Waals surface area contributed by atoms with Gasteiger partial charge in [0.25, 0.3) is 0 Å². The van der Waals surface area contributed by atoms with Gasteiger partial charge in [-0.2, -0.15) is 0 Å². The molecule has 7 aromatic rings. The fourth-order valence-electron chi connectivity index (χ4n) is 7.80. The number of aliphatic imine (C=N–C) groups is 2. The number of amidine groups is 1. The van der Waals surface area contributed by atoms with Gasteiger partial charge in [-0.1, -0.05) is 135 Å². The van der Waals surface area contributed by atoms with Crippen LogP contribution in [0.2, 0.25) is 0 Å². The van der Waals surface area contributed by atoms with E-state index >= 15 is 0 Å². The average molecular weight is 633 g/mol. The maximum atomic E-state index is 6.34. The highest BCUT2D eigenvalue weighted by Crippen LogP contribution is 2.53. The van der Waals surface area contributed by atoms with Gasteiger partial charge in [-0.3, -0.25) is 0 Å². The van der Waals surface area contributed by atoms with Crippen molar-refractivity contribution in [2.24, 2.45) is 9.98 Å². The van der Waals surface area contributed by atoms with Crippen molar-refractivity contribution in [2.45, 2.75) is 38.5 Å². The zero-order valence-electron chi connectivity index (χ0n) is 27.8. The third kappa shape index (κ3) is 5.05. The van der Waals surface area contributed by atoms with Crippen molar-refractivity contribution in [1.82, 2.24) is 0 Å². The highest BCUT2D eigenvalue weighted by Gasteiger charge is 2.38. The molecule has 9 rings (SSSR count). The van der Waals surface area contributed by atoms with Crippen molar-refractivity contribution in [2.75, 3.05) is 0 Å². The van der Waals surface area contributed by atoms with E-state index in [4.69, 9.17) is 14.4 Å². The molecular formula is C46H36N2O. The number of allylic oxidation sites excluding steroid dienone is 1. The van der Waals surface area contributed by atoms with Crippen molar-refractivity contribution in [3.05, 3.63) is 173 Å². The van der Waals surface area contributed by atoms with Crippen LogP contribution in [0.5, 0.6) is 0 Å². The van der Waals surface area contributed by atoms with Gasteiger partial charge < -0.3 is 4.42 Å². The molecule has 3 nitrogen and oxygen atoms in total. The smallest absolute Gasteiger partial charge is 0.160 e. The van der Waals surface area contributed by atoms with E-state index in [2.05, 4.69) is 153 Å². The fraction of sp³-hybridized carbons (Fsp3) is 0.130. The normalized spacial score (nSPS) is 18.6. The zero-order chi connectivity index (χ0) is 33.0. The first kappa shape index (κ1) is 29.3. The summed E-state index contributed by atoms with van der Waals surface area (Å²) < 4.78 is 6.34. The van der Waals surface area contributed by atoms with E-state index in [9.17, 15) is 0 Å². The van der Waals surface area contributed by atoms with Crippen LogP contribution in [0.25, 0.3) is 49.9 Å². The van der Waals surface area contributed by atoms with Crippen molar-refractivity contribution >= 4 is 39.2 Å². The van der Waals surface area contributed by atoms with Gasteiger partial charge in [-0.25, -0.2) is 9.98 Å². The maximum Gasteiger partial charge on any atom is 0.160 e. The predicted octanol–water partition coefficient (Wildman–Crippen LogP) is 12.0. The summed E-state index contributed by atoms with van der Waals surface area (Å²) in [7, 11) is 0. The molecule has 2 aliphatic rings. The highest BCUT2D eigenvalue weighted by molar-refractivity contribution is 6.14. The third-order valence-corrected chi connectivity index (χ3v) is 10.2. The fourth-order valence-corrected chi connectivity index (χ4v) is 7.80. The van der Waals surface area contributed by atoms with Gasteiger partial charge in [0, 0.05) is 21.8 Å². The Bertz CT molecular complexity index is 2480. The quantitative estimate of drug-likeness (QED) is 0.190. The van der Waals surface area contributed by atoms with E-state index in [1.807, 2.05) is 6.07 Å². The number of benzene rings is 6. The number of hydrogen-bond acceptors (Lipinski definition) is 3. The van der Waals surface area contributed by atoms with Gasteiger partial charge in [-0.15, -0.1) is 0 Å². The van der Waals surface area contributed by atoms with Gasteiger partial charge in [0.1, 0.15) is 11.2 Å². The summed E-state index contributed by atoms with van der Waals surface area (Å²) in [6, 6.07) is 49.5. The second-order valence-electron chi connectivity index (χ2n) is 13.6. The molecule has 3 heteroatoms. The standard InChI is InChI=1S/C46H36N2O/c1-46(2)39-28-38-35-21-9-12-26-42(35)49-43(38)29-37(39)36-23-14-22-34(44(36)46)32-19-13-20-33(27-32)45-47-40(30-15-5-3-6-16-30)24-10-11-25-41(48-45)31-17-7-4-8-18-31/h3-9,12-24,26-29H,10-11,25H2,1-2H3/b40-24-,47-45-,48-41+. The van der Waals surface area contributed by atoms with Gasteiger partial charge in [-0.05, 0) is 88.0 Å². The van der Waals surface area contributed by atoms with E-state index in [1.165, 1.54) is 33.2 Å². The topological polar surface area (TPSA) is 37.9 Å². The molecule has 0 radical (unpaired) electrons. The Morgan fingerprint density at radius 1 is 0.551 bits per heavy atom. The van der Waals surface area contributed by atoms with Crippen LogP contribution in [0.15, 0.2) is 160 Å². The number of para-hydroxylation sites is 1. The number of furan rings is 1. The van der Waals surface area contributed by atoms with Crippen LogP contribution in [0.3, 0.4) is 0 Å². The van der Waals surface area contributed by atoms with E-state index in [-0.39, 0.29) is 5.41 Å². The molecule has 1 aliphatic carbocycles. The second kappa shape index (κ2) is 11.7. The zero-order valence-corrected chi connectivity index (χ0v) is 27.8. The molecule has 0 unspecified atom stereocenters. The Morgan fingerprint density at radius 2 is 1.24 bits per heavy atom. The van der Waals surface area contributed by atoms with Crippen molar-refractivity contribution in [3.8, 4) is 22.3 Å². The third-order valence-electron chi connectivity index (χ3n) is 10.2. The maximum absolute atomic E-state index is 6.34. The average Bonchev–Trinajstić information content (AvgIpc) is 3.66. The first-order chi connectivity index (χ1) is 24.0. The first-order valence-corrected chi connectivity index (χ1v) is 17.2. The van der Waals surface area contributed by atoms with E-state index in [0.29, 0.717) is 0 Å². The Hall–Kier alpha value is -5.80. The van der Waals surface area contributed by atoms with Crippen LogP contribution in [-0.4, -0.2) is 11.5 Å². The number of hydrogen-bond donors (Lipinski definition) is 0. The summed E-state index contributed by atoms with van der Waals surface area (Å²) in [4.78, 5) is 10.7. The molecule has 2 heterocycles. The molecule has 0 saturated carbocycles. The minimum atomic E-state index is -0.207.